The van der Waals surface area contributed by atoms with Crippen LogP contribution >= 0.6 is 11.8 Å². The predicted molar refractivity (Wildman–Crippen MR) is 88.1 cm³/mol. The van der Waals surface area contributed by atoms with Gasteiger partial charge < -0.3 is 5.32 Å². The van der Waals surface area contributed by atoms with Gasteiger partial charge >= 0.3 is 0 Å². The molecule has 1 unspecified atom stereocenters. The Morgan fingerprint density at radius 3 is 2.95 bits per heavy atom. The van der Waals surface area contributed by atoms with Crippen LogP contribution in [0, 0.1) is 5.82 Å². The summed E-state index contributed by atoms with van der Waals surface area (Å²) in [5.41, 5.74) is 1.85. The minimum Gasteiger partial charge on any atom is -0.346 e. The summed E-state index contributed by atoms with van der Waals surface area (Å²) in [5, 5.41) is 3.03. The first kappa shape index (κ1) is 14.9. The molecule has 1 aliphatic heterocycles. The fourth-order valence-corrected chi connectivity index (χ4v) is 3.62. The van der Waals surface area contributed by atoms with E-state index in [1.165, 1.54) is 28.7 Å². The average Bonchev–Trinajstić information content (AvgIpc) is 2.53. The summed E-state index contributed by atoms with van der Waals surface area (Å²) in [7, 11) is 0. The van der Waals surface area contributed by atoms with E-state index in [1.807, 2.05) is 23.9 Å². The van der Waals surface area contributed by atoms with Crippen LogP contribution in [0.25, 0.3) is 6.08 Å². The highest BCUT2D eigenvalue weighted by atomic mass is 32.2. The van der Waals surface area contributed by atoms with Gasteiger partial charge in [0.05, 0.1) is 6.04 Å². The first-order valence-electron chi connectivity index (χ1n) is 7.18. The van der Waals surface area contributed by atoms with E-state index in [4.69, 9.17) is 0 Å². The lowest BCUT2D eigenvalue weighted by molar-refractivity contribution is -0.117. The van der Waals surface area contributed by atoms with E-state index < -0.39 is 0 Å². The lowest BCUT2D eigenvalue weighted by Gasteiger charge is -2.25. The van der Waals surface area contributed by atoms with E-state index in [-0.39, 0.29) is 17.8 Å². The number of carbonyl (C=O) groups excluding carboxylic acids is 1. The van der Waals surface area contributed by atoms with Gasteiger partial charge in [0, 0.05) is 16.7 Å². The van der Waals surface area contributed by atoms with Crippen LogP contribution in [0.1, 0.15) is 23.6 Å². The molecule has 112 valence electrons. The highest BCUT2D eigenvalue weighted by molar-refractivity contribution is 7.99. The average molecular weight is 313 g/mol. The number of hydrogen-bond donors (Lipinski definition) is 1. The van der Waals surface area contributed by atoms with Crippen molar-refractivity contribution < 1.29 is 9.18 Å². The minimum absolute atomic E-state index is 0.0436. The fraction of sp³-hybridized carbons (Fsp3) is 0.167. The van der Waals surface area contributed by atoms with Crippen LogP contribution in [-0.2, 0) is 4.79 Å². The fourth-order valence-electron chi connectivity index (χ4n) is 2.49. The van der Waals surface area contributed by atoms with Gasteiger partial charge in [-0.25, -0.2) is 4.39 Å². The molecule has 2 aromatic carbocycles. The van der Waals surface area contributed by atoms with Crippen molar-refractivity contribution in [3.05, 3.63) is 71.6 Å². The summed E-state index contributed by atoms with van der Waals surface area (Å²) in [6, 6.07) is 14.4. The third-order valence-corrected chi connectivity index (χ3v) is 4.67. The van der Waals surface area contributed by atoms with E-state index in [1.54, 1.807) is 18.2 Å². The van der Waals surface area contributed by atoms with Crippen LogP contribution in [-0.4, -0.2) is 11.7 Å². The van der Waals surface area contributed by atoms with Gasteiger partial charge in [-0.05, 0) is 41.8 Å². The first-order chi connectivity index (χ1) is 10.7. The van der Waals surface area contributed by atoms with Crippen LogP contribution in [0.3, 0.4) is 0 Å². The summed E-state index contributed by atoms with van der Waals surface area (Å²) in [6.45, 7) is 0. The lowest BCUT2D eigenvalue weighted by atomic mass is 10.0. The molecule has 0 bridgehead atoms. The summed E-state index contributed by atoms with van der Waals surface area (Å²) < 4.78 is 13.1. The minimum atomic E-state index is -0.305. The molecule has 0 aromatic heterocycles. The molecular weight excluding hydrogens is 297 g/mol. The van der Waals surface area contributed by atoms with Crippen LogP contribution in [0.2, 0.25) is 0 Å². The van der Waals surface area contributed by atoms with Crippen LogP contribution in [0.5, 0.6) is 0 Å². The lowest BCUT2D eigenvalue weighted by Crippen LogP contribution is -2.29. The molecule has 22 heavy (non-hydrogen) atoms. The van der Waals surface area contributed by atoms with Crippen molar-refractivity contribution in [2.75, 3.05) is 5.75 Å². The number of nitrogens with one attached hydrogen (secondary N) is 1. The Labute approximate surface area is 133 Å². The Bertz CT molecular complexity index is 714. The van der Waals surface area contributed by atoms with Gasteiger partial charge in [-0.2, -0.15) is 0 Å². The van der Waals surface area contributed by atoms with Gasteiger partial charge in [-0.1, -0.05) is 30.3 Å². The Balaban J connectivity index is 1.68. The molecule has 0 radical (unpaired) electrons. The smallest absolute Gasteiger partial charge is 0.244 e. The second-order valence-electron chi connectivity index (χ2n) is 5.12. The monoisotopic (exact) mass is 313 g/mol. The van der Waals surface area contributed by atoms with Gasteiger partial charge in [0.15, 0.2) is 0 Å². The molecule has 2 nitrogen and oxygen atoms in total. The summed E-state index contributed by atoms with van der Waals surface area (Å²) >= 11 is 1.82. The van der Waals surface area contributed by atoms with Crippen molar-refractivity contribution in [3.8, 4) is 0 Å². The van der Waals surface area contributed by atoms with Gasteiger partial charge in [-0.3, -0.25) is 4.79 Å². The highest BCUT2D eigenvalue weighted by Crippen LogP contribution is 2.35. The van der Waals surface area contributed by atoms with Gasteiger partial charge in [0.1, 0.15) is 5.82 Å². The van der Waals surface area contributed by atoms with Crippen molar-refractivity contribution >= 4 is 23.7 Å². The highest BCUT2D eigenvalue weighted by Gasteiger charge is 2.20. The molecule has 1 heterocycles. The number of halogens is 1. The summed E-state index contributed by atoms with van der Waals surface area (Å²) in [5.74, 6) is 0.534. The topological polar surface area (TPSA) is 29.1 Å². The summed E-state index contributed by atoms with van der Waals surface area (Å²) in [6.07, 6.45) is 4.00. The van der Waals surface area contributed by atoms with E-state index in [2.05, 4.69) is 17.4 Å². The van der Waals surface area contributed by atoms with Gasteiger partial charge in [0.25, 0.3) is 0 Å². The van der Waals surface area contributed by atoms with Crippen molar-refractivity contribution in [2.45, 2.75) is 17.4 Å². The molecule has 3 rings (SSSR count). The molecular formula is C18H16FNOS. The molecule has 0 spiro atoms. The molecule has 0 saturated heterocycles. The van der Waals surface area contributed by atoms with E-state index >= 15 is 0 Å². The van der Waals surface area contributed by atoms with Crippen molar-refractivity contribution in [1.82, 2.24) is 5.32 Å². The number of rotatable bonds is 3. The number of carbonyl (C=O) groups is 1. The maximum atomic E-state index is 13.1. The molecule has 4 heteroatoms. The third kappa shape index (κ3) is 3.57. The molecule has 0 aliphatic carbocycles. The van der Waals surface area contributed by atoms with Gasteiger partial charge in [0.2, 0.25) is 5.91 Å². The molecule has 1 amide bonds. The maximum Gasteiger partial charge on any atom is 0.244 e. The standard InChI is InChI=1S/C18H16FNOS/c19-14-5-3-4-13(12-14)8-9-18(21)20-16-10-11-22-17-7-2-1-6-15(16)17/h1-9,12,16H,10-11H2,(H,20,21)/b9-8+. The first-order valence-corrected chi connectivity index (χ1v) is 8.17. The number of thioether (sulfide) groups is 1. The zero-order valence-electron chi connectivity index (χ0n) is 12.0. The van der Waals surface area contributed by atoms with Crippen LogP contribution in [0.4, 0.5) is 4.39 Å². The number of hydrogen-bond acceptors (Lipinski definition) is 2. The Morgan fingerprint density at radius 1 is 1.23 bits per heavy atom. The number of fused-ring (bicyclic) bond motifs is 1. The van der Waals surface area contributed by atoms with Crippen molar-refractivity contribution in [2.24, 2.45) is 0 Å². The molecule has 0 fully saturated rings. The van der Waals surface area contributed by atoms with Crippen molar-refractivity contribution in [3.63, 3.8) is 0 Å². The molecule has 0 saturated carbocycles. The Morgan fingerprint density at radius 2 is 2.09 bits per heavy atom. The number of amides is 1. The maximum absolute atomic E-state index is 13.1. The van der Waals surface area contributed by atoms with Crippen LogP contribution < -0.4 is 5.32 Å². The third-order valence-electron chi connectivity index (χ3n) is 3.55. The predicted octanol–water partition coefficient (Wildman–Crippen LogP) is 4.19. The van der Waals surface area contributed by atoms with Crippen molar-refractivity contribution in [1.29, 1.82) is 0 Å². The molecule has 2 aromatic rings. The van der Waals surface area contributed by atoms with Gasteiger partial charge in [-0.15, -0.1) is 11.8 Å². The van der Waals surface area contributed by atoms with E-state index in [9.17, 15) is 9.18 Å². The second-order valence-corrected chi connectivity index (χ2v) is 6.26. The second kappa shape index (κ2) is 6.79. The largest absolute Gasteiger partial charge is 0.346 e. The molecule has 1 atom stereocenters. The normalized spacial score (nSPS) is 17.2. The van der Waals surface area contributed by atoms with E-state index in [0.717, 1.165) is 12.2 Å². The van der Waals surface area contributed by atoms with E-state index in [0.29, 0.717) is 5.56 Å². The summed E-state index contributed by atoms with van der Waals surface area (Å²) in [4.78, 5) is 13.3. The Hall–Kier alpha value is -2.07. The SMILES string of the molecule is O=C(/C=C/c1cccc(F)c1)NC1CCSc2ccccc21. The molecule has 1 N–H and O–H groups in total. The number of benzene rings is 2. The van der Waals surface area contributed by atoms with Crippen LogP contribution in [0.15, 0.2) is 59.5 Å². The zero-order chi connectivity index (χ0) is 15.4. The molecule has 1 aliphatic rings. The zero-order valence-corrected chi connectivity index (χ0v) is 12.8. The quantitative estimate of drug-likeness (QED) is 0.861. The Kier molecular flexibility index (Phi) is 4.59.